The number of piperazine rings is 1. The van der Waals surface area contributed by atoms with E-state index < -0.39 is 0 Å². The minimum absolute atomic E-state index is 0.0973. The zero-order valence-corrected chi connectivity index (χ0v) is 12.6. The fourth-order valence-corrected chi connectivity index (χ4v) is 2.41. The van der Waals surface area contributed by atoms with Crippen LogP contribution >= 0.6 is 0 Å². The van der Waals surface area contributed by atoms with Gasteiger partial charge in [-0.15, -0.1) is 0 Å². The Balaban J connectivity index is 1.84. The summed E-state index contributed by atoms with van der Waals surface area (Å²) in [4.78, 5) is 16.2. The lowest BCUT2D eigenvalue weighted by Gasteiger charge is -2.35. The number of amides is 2. The van der Waals surface area contributed by atoms with Crippen molar-refractivity contribution in [1.82, 2.24) is 9.80 Å². The van der Waals surface area contributed by atoms with Gasteiger partial charge < -0.3 is 20.1 Å². The molecule has 1 aromatic carbocycles. The number of rotatable bonds is 4. The number of nitrogens with one attached hydrogen (secondary N) is 1. The van der Waals surface area contributed by atoms with Gasteiger partial charge in [-0.2, -0.15) is 0 Å². The fourth-order valence-electron chi connectivity index (χ4n) is 2.41. The standard InChI is InChI=1S/C15H23N3O3/c1-12(19)11-17-6-8-18(9-7-17)15(20)16-13-4-3-5-14(10-13)21-2/h3-5,10,12,19H,6-9,11H2,1-2H3,(H,16,20). The molecule has 1 fully saturated rings. The highest BCUT2D eigenvalue weighted by atomic mass is 16.5. The van der Waals surface area contributed by atoms with Gasteiger partial charge in [0.2, 0.25) is 0 Å². The van der Waals surface area contributed by atoms with Crippen LogP contribution in [0.2, 0.25) is 0 Å². The van der Waals surface area contributed by atoms with Crippen LogP contribution in [0.4, 0.5) is 10.5 Å². The highest BCUT2D eigenvalue weighted by Crippen LogP contribution is 2.17. The smallest absolute Gasteiger partial charge is 0.321 e. The first kappa shape index (κ1) is 15.6. The quantitative estimate of drug-likeness (QED) is 0.876. The van der Waals surface area contributed by atoms with Gasteiger partial charge in [0.05, 0.1) is 13.2 Å². The van der Waals surface area contributed by atoms with Crippen molar-refractivity contribution in [2.45, 2.75) is 13.0 Å². The fraction of sp³-hybridized carbons (Fsp3) is 0.533. The summed E-state index contributed by atoms with van der Waals surface area (Å²) in [6, 6.07) is 7.21. The Labute approximate surface area is 125 Å². The average Bonchev–Trinajstić information content (AvgIpc) is 2.47. The number of urea groups is 1. The van der Waals surface area contributed by atoms with Gasteiger partial charge in [0.25, 0.3) is 0 Å². The molecule has 2 amide bonds. The molecule has 1 unspecified atom stereocenters. The van der Waals surface area contributed by atoms with Crippen LogP contribution < -0.4 is 10.1 Å². The van der Waals surface area contributed by atoms with E-state index in [2.05, 4.69) is 10.2 Å². The molecule has 0 bridgehead atoms. The molecule has 0 spiro atoms. The molecule has 0 saturated carbocycles. The zero-order valence-electron chi connectivity index (χ0n) is 12.6. The largest absolute Gasteiger partial charge is 0.497 e. The monoisotopic (exact) mass is 293 g/mol. The summed E-state index contributed by atoms with van der Waals surface area (Å²) in [5, 5.41) is 12.3. The molecule has 0 aromatic heterocycles. The second kappa shape index (κ2) is 7.28. The van der Waals surface area contributed by atoms with E-state index in [4.69, 9.17) is 4.74 Å². The van der Waals surface area contributed by atoms with E-state index in [9.17, 15) is 9.90 Å². The number of ether oxygens (including phenoxy) is 1. The number of hydrogen-bond donors (Lipinski definition) is 2. The highest BCUT2D eigenvalue weighted by Gasteiger charge is 2.21. The van der Waals surface area contributed by atoms with Crippen LogP contribution in [-0.2, 0) is 0 Å². The molecule has 1 aliphatic heterocycles. The van der Waals surface area contributed by atoms with E-state index >= 15 is 0 Å². The number of aliphatic hydroxyl groups excluding tert-OH is 1. The van der Waals surface area contributed by atoms with E-state index in [0.717, 1.165) is 24.5 Å². The molecule has 2 rings (SSSR count). The Morgan fingerprint density at radius 3 is 2.71 bits per heavy atom. The van der Waals surface area contributed by atoms with Crippen molar-refractivity contribution < 1.29 is 14.6 Å². The van der Waals surface area contributed by atoms with Gasteiger partial charge in [-0.25, -0.2) is 4.79 Å². The molecule has 1 saturated heterocycles. The number of carbonyl (C=O) groups excluding carboxylic acids is 1. The third kappa shape index (κ3) is 4.61. The molecule has 1 aromatic rings. The lowest BCUT2D eigenvalue weighted by Crippen LogP contribution is -2.51. The number of aliphatic hydroxyl groups is 1. The number of β-amino-alcohol motifs (C(OH)–C–C–N with tert-alkyl or cyclic N) is 1. The Kier molecular flexibility index (Phi) is 5.41. The Hall–Kier alpha value is -1.79. The van der Waals surface area contributed by atoms with Crippen LogP contribution in [0.25, 0.3) is 0 Å². The summed E-state index contributed by atoms with van der Waals surface area (Å²) in [5.74, 6) is 0.717. The first-order chi connectivity index (χ1) is 10.1. The van der Waals surface area contributed by atoms with Crippen LogP contribution in [0.3, 0.4) is 0 Å². The molecule has 2 N–H and O–H groups in total. The summed E-state index contributed by atoms with van der Waals surface area (Å²) in [5.41, 5.74) is 0.728. The molecule has 21 heavy (non-hydrogen) atoms. The molecule has 0 radical (unpaired) electrons. The SMILES string of the molecule is COc1cccc(NC(=O)N2CCN(CC(C)O)CC2)c1. The maximum absolute atomic E-state index is 12.2. The van der Waals surface area contributed by atoms with Crippen LogP contribution in [0, 0.1) is 0 Å². The molecular formula is C15H23N3O3. The third-order valence-electron chi connectivity index (χ3n) is 3.50. The van der Waals surface area contributed by atoms with E-state index in [1.54, 1.807) is 25.0 Å². The van der Waals surface area contributed by atoms with E-state index in [-0.39, 0.29) is 12.1 Å². The summed E-state index contributed by atoms with van der Waals surface area (Å²) in [7, 11) is 1.60. The van der Waals surface area contributed by atoms with E-state index in [0.29, 0.717) is 19.6 Å². The average molecular weight is 293 g/mol. The minimum atomic E-state index is -0.331. The van der Waals surface area contributed by atoms with Crippen molar-refractivity contribution in [2.75, 3.05) is 45.2 Å². The van der Waals surface area contributed by atoms with Gasteiger partial charge in [0.1, 0.15) is 5.75 Å². The Bertz CT molecular complexity index is 471. The van der Waals surface area contributed by atoms with Gasteiger partial charge in [0.15, 0.2) is 0 Å². The minimum Gasteiger partial charge on any atom is -0.497 e. The molecule has 6 heteroatoms. The zero-order chi connectivity index (χ0) is 15.2. The second-order valence-corrected chi connectivity index (χ2v) is 5.30. The van der Waals surface area contributed by atoms with Crippen LogP contribution in [0.15, 0.2) is 24.3 Å². The van der Waals surface area contributed by atoms with Crippen LogP contribution in [-0.4, -0.2) is 66.9 Å². The lowest BCUT2D eigenvalue weighted by molar-refractivity contribution is 0.0924. The molecule has 6 nitrogen and oxygen atoms in total. The number of hydrogen-bond acceptors (Lipinski definition) is 4. The number of methoxy groups -OCH3 is 1. The Morgan fingerprint density at radius 2 is 2.10 bits per heavy atom. The van der Waals surface area contributed by atoms with Gasteiger partial charge in [-0.1, -0.05) is 6.07 Å². The summed E-state index contributed by atoms with van der Waals surface area (Å²) in [6.07, 6.45) is -0.331. The summed E-state index contributed by atoms with van der Waals surface area (Å²) in [6.45, 7) is 5.35. The molecule has 1 atom stereocenters. The molecular weight excluding hydrogens is 270 g/mol. The summed E-state index contributed by atoms with van der Waals surface area (Å²) < 4.78 is 5.14. The summed E-state index contributed by atoms with van der Waals surface area (Å²) >= 11 is 0. The molecule has 1 aliphatic rings. The van der Waals surface area contributed by atoms with Crippen molar-refractivity contribution in [3.63, 3.8) is 0 Å². The normalized spacial score (nSPS) is 17.4. The van der Waals surface area contributed by atoms with E-state index in [1.165, 1.54) is 0 Å². The first-order valence-electron chi connectivity index (χ1n) is 7.19. The number of benzene rings is 1. The number of nitrogens with zero attached hydrogens (tertiary/aromatic N) is 2. The van der Waals surface area contributed by atoms with Crippen molar-refractivity contribution in [3.05, 3.63) is 24.3 Å². The third-order valence-corrected chi connectivity index (χ3v) is 3.50. The maximum atomic E-state index is 12.2. The van der Waals surface area contributed by atoms with E-state index in [1.807, 2.05) is 18.2 Å². The molecule has 116 valence electrons. The Morgan fingerprint density at radius 1 is 1.38 bits per heavy atom. The van der Waals surface area contributed by atoms with Gasteiger partial charge in [0, 0.05) is 44.5 Å². The highest BCUT2D eigenvalue weighted by molar-refractivity contribution is 5.89. The topological polar surface area (TPSA) is 65.0 Å². The van der Waals surface area contributed by atoms with Crippen LogP contribution in [0.1, 0.15) is 6.92 Å². The second-order valence-electron chi connectivity index (χ2n) is 5.30. The van der Waals surface area contributed by atoms with Crippen LogP contribution in [0.5, 0.6) is 5.75 Å². The van der Waals surface area contributed by atoms with Gasteiger partial charge >= 0.3 is 6.03 Å². The van der Waals surface area contributed by atoms with Crippen molar-refractivity contribution in [2.24, 2.45) is 0 Å². The lowest BCUT2D eigenvalue weighted by atomic mass is 10.3. The molecule has 0 aliphatic carbocycles. The van der Waals surface area contributed by atoms with Gasteiger partial charge in [-0.3, -0.25) is 4.90 Å². The number of carbonyl (C=O) groups is 1. The first-order valence-corrected chi connectivity index (χ1v) is 7.19. The van der Waals surface area contributed by atoms with Crippen molar-refractivity contribution in [3.8, 4) is 5.75 Å². The van der Waals surface area contributed by atoms with Crippen molar-refractivity contribution >= 4 is 11.7 Å². The number of anilines is 1. The van der Waals surface area contributed by atoms with Gasteiger partial charge in [-0.05, 0) is 19.1 Å². The predicted molar refractivity (Wildman–Crippen MR) is 81.7 cm³/mol. The van der Waals surface area contributed by atoms with Crippen molar-refractivity contribution in [1.29, 1.82) is 0 Å². The maximum Gasteiger partial charge on any atom is 0.321 e. The molecule has 1 heterocycles. The predicted octanol–water partition coefficient (Wildman–Crippen LogP) is 1.23.